The largest absolute Gasteiger partial charge is 0.392 e. The van der Waals surface area contributed by atoms with Crippen LogP contribution in [0.1, 0.15) is 71.3 Å². The fourth-order valence-electron chi connectivity index (χ4n) is 8.04. The predicted octanol–water partition coefficient (Wildman–Crippen LogP) is 8.21. The number of hydrogen-bond donors (Lipinski definition) is 4. The number of amides is 1. The Hall–Kier alpha value is -5.50. The third-order valence-corrected chi connectivity index (χ3v) is 13.6. The summed E-state index contributed by atoms with van der Waals surface area (Å²) in [6.07, 6.45) is -1.75. The molecule has 7 rings (SSSR count). The van der Waals surface area contributed by atoms with E-state index in [9.17, 15) is 23.4 Å². The number of rotatable bonds is 17. The fraction of sp³-hybridized carbons (Fsp3) is 0.288. The van der Waals surface area contributed by atoms with Gasteiger partial charge in [-0.2, -0.15) is 4.72 Å². The molecule has 6 aromatic rings. The molecule has 6 aromatic carbocycles. The molecular weight excluding hydrogens is 811 g/mol. The van der Waals surface area contributed by atoms with Gasteiger partial charge in [0.2, 0.25) is 15.9 Å². The lowest BCUT2D eigenvalue weighted by molar-refractivity contribution is -0.276. The highest BCUT2D eigenvalue weighted by molar-refractivity contribution is 7.89. The Kier molecular flexibility index (Phi) is 15.0. The minimum atomic E-state index is -3.99. The highest BCUT2D eigenvalue weighted by Gasteiger charge is 2.40. The summed E-state index contributed by atoms with van der Waals surface area (Å²) in [5, 5.41) is 24.0. The third kappa shape index (κ3) is 11.4. The van der Waals surface area contributed by atoms with Gasteiger partial charge in [-0.15, -0.1) is 0 Å². The number of aryl methyl sites for hydroxylation is 1. The molecule has 1 aliphatic heterocycles. The first kappa shape index (κ1) is 45.5. The van der Waals surface area contributed by atoms with Crippen LogP contribution < -0.4 is 10.0 Å². The molecule has 0 radical (unpaired) electrons. The number of carbonyl (C=O) groups excluding carboxylic acids is 1. The molecule has 4 N–H and O–H groups in total. The molecule has 11 heteroatoms. The average molecular weight is 868 g/mol. The molecule has 0 aromatic heterocycles. The number of carbonyl (C=O) groups is 1. The second kappa shape index (κ2) is 20.8. The molecule has 1 heterocycles. The second-order valence-corrected chi connectivity index (χ2v) is 18.2. The Labute approximate surface area is 371 Å². The number of aliphatic hydroxyl groups is 2. The molecule has 0 unspecified atom stereocenters. The average Bonchev–Trinajstić information content (AvgIpc) is 3.31. The molecule has 0 bridgehead atoms. The number of nitrogens with zero attached hydrogens (tertiary/aromatic N) is 1. The van der Waals surface area contributed by atoms with Gasteiger partial charge in [0.1, 0.15) is 6.04 Å². The van der Waals surface area contributed by atoms with Crippen molar-refractivity contribution in [2.75, 3.05) is 13.6 Å². The van der Waals surface area contributed by atoms with E-state index in [1.165, 1.54) is 12.1 Å². The predicted molar refractivity (Wildman–Crippen MR) is 246 cm³/mol. The second-order valence-electron chi connectivity index (χ2n) is 16.5. The lowest BCUT2D eigenvalue weighted by atomic mass is 9.89. The maximum Gasteiger partial charge on any atom is 0.241 e. The van der Waals surface area contributed by atoms with Crippen LogP contribution in [0, 0.1) is 12.8 Å². The van der Waals surface area contributed by atoms with E-state index in [1.807, 2.05) is 154 Å². The Morgan fingerprint density at radius 2 is 1.38 bits per heavy atom. The quantitative estimate of drug-likeness (QED) is 0.0721. The van der Waals surface area contributed by atoms with Crippen LogP contribution >= 0.6 is 0 Å². The number of sulfonamides is 1. The van der Waals surface area contributed by atoms with Crippen molar-refractivity contribution in [1.29, 1.82) is 0 Å². The maximum atomic E-state index is 13.9. The number of aliphatic hydroxyl groups excluding tert-OH is 2. The molecule has 1 amide bonds. The van der Waals surface area contributed by atoms with E-state index in [0.29, 0.717) is 6.54 Å². The van der Waals surface area contributed by atoms with E-state index in [1.54, 1.807) is 12.1 Å². The van der Waals surface area contributed by atoms with Gasteiger partial charge in [0.15, 0.2) is 6.29 Å². The molecule has 7 atom stereocenters. The fourth-order valence-corrected chi connectivity index (χ4v) is 9.24. The van der Waals surface area contributed by atoms with Crippen molar-refractivity contribution in [2.45, 2.75) is 81.9 Å². The van der Waals surface area contributed by atoms with Gasteiger partial charge in [0.25, 0.3) is 0 Å². The molecule has 0 saturated carbocycles. The summed E-state index contributed by atoms with van der Waals surface area (Å²) >= 11 is 0. The van der Waals surface area contributed by atoms with Crippen molar-refractivity contribution < 1.29 is 32.9 Å². The molecule has 1 aliphatic rings. The van der Waals surface area contributed by atoms with Gasteiger partial charge in [0.05, 0.1) is 29.8 Å². The van der Waals surface area contributed by atoms with E-state index < -0.39 is 34.4 Å². The maximum absolute atomic E-state index is 13.9. The minimum absolute atomic E-state index is 0.0451. The van der Waals surface area contributed by atoms with Crippen LogP contribution in [0.5, 0.6) is 0 Å². The minimum Gasteiger partial charge on any atom is -0.392 e. The van der Waals surface area contributed by atoms with Gasteiger partial charge in [-0.25, -0.2) is 8.42 Å². The van der Waals surface area contributed by atoms with Crippen molar-refractivity contribution in [1.82, 2.24) is 14.9 Å². The van der Waals surface area contributed by atoms with Crippen LogP contribution in [-0.4, -0.2) is 61.2 Å². The first-order valence-corrected chi connectivity index (χ1v) is 22.9. The van der Waals surface area contributed by atoms with Crippen LogP contribution in [0.15, 0.2) is 163 Å². The number of hydrogen-bond acceptors (Lipinski definition) is 8. The first-order valence-electron chi connectivity index (χ1n) is 21.4. The summed E-state index contributed by atoms with van der Waals surface area (Å²) in [4.78, 5) is 16.1. The van der Waals surface area contributed by atoms with Crippen LogP contribution in [0.4, 0.5) is 0 Å². The molecule has 1 saturated heterocycles. The number of nitrogens with one attached hydrogen (secondary N) is 2. The summed E-state index contributed by atoms with van der Waals surface area (Å²) in [5.74, 6) is -0.485. The van der Waals surface area contributed by atoms with Crippen molar-refractivity contribution in [3.63, 3.8) is 0 Å². The van der Waals surface area contributed by atoms with Gasteiger partial charge < -0.3 is 25.0 Å². The SMILES string of the molecule is Cc1ccc(S(=O)(=O)N[C@H](Cc2ccccc2)C(=O)NCc2ccccc2-c2ccc([C@H]3O[C@@H](CN(C)[C@H](C)[C@@H](O)c4ccccc4)[C@@H](C)[C@@H](c4ccc(CO)cc4)O3)cc2)cc1. The van der Waals surface area contributed by atoms with Crippen LogP contribution in [0.2, 0.25) is 0 Å². The van der Waals surface area contributed by atoms with Crippen LogP contribution in [0.3, 0.4) is 0 Å². The topological polar surface area (TPSA) is 137 Å². The van der Waals surface area contributed by atoms with Crippen LogP contribution in [0.25, 0.3) is 11.1 Å². The number of ether oxygens (including phenoxy) is 2. The molecule has 328 valence electrons. The number of benzene rings is 6. The summed E-state index contributed by atoms with van der Waals surface area (Å²) in [6, 6.07) is 48.0. The summed E-state index contributed by atoms with van der Waals surface area (Å²) < 4.78 is 43.1. The molecule has 0 aliphatic carbocycles. The van der Waals surface area contributed by atoms with Crippen molar-refractivity contribution >= 4 is 15.9 Å². The summed E-state index contributed by atoms with van der Waals surface area (Å²) in [7, 11) is -1.99. The van der Waals surface area contributed by atoms with E-state index in [-0.39, 0.29) is 48.6 Å². The highest BCUT2D eigenvalue weighted by Crippen LogP contribution is 2.42. The molecule has 10 nitrogen and oxygen atoms in total. The Morgan fingerprint density at radius 3 is 2.05 bits per heavy atom. The van der Waals surface area contributed by atoms with Gasteiger partial charge in [0, 0.05) is 30.6 Å². The van der Waals surface area contributed by atoms with Gasteiger partial charge in [-0.05, 0) is 78.4 Å². The van der Waals surface area contributed by atoms with Gasteiger partial charge in [-0.1, -0.05) is 158 Å². The van der Waals surface area contributed by atoms with E-state index >= 15 is 0 Å². The van der Waals surface area contributed by atoms with Crippen molar-refractivity contribution in [3.8, 4) is 11.1 Å². The van der Waals surface area contributed by atoms with E-state index in [0.717, 1.165) is 50.1 Å². The van der Waals surface area contributed by atoms with Crippen LogP contribution in [-0.2, 0) is 43.9 Å². The third-order valence-electron chi connectivity index (χ3n) is 12.1. The lowest BCUT2D eigenvalue weighted by Crippen LogP contribution is -2.47. The van der Waals surface area contributed by atoms with Crippen molar-refractivity contribution in [3.05, 3.63) is 197 Å². The zero-order valence-corrected chi connectivity index (χ0v) is 37.0. The molecule has 63 heavy (non-hydrogen) atoms. The number of likely N-dealkylation sites (N-methyl/N-ethyl adjacent to an activating group) is 1. The van der Waals surface area contributed by atoms with E-state index in [2.05, 4.69) is 21.9 Å². The normalized spacial score (nSPS) is 19.3. The molecular formula is C52H57N3O7S. The summed E-state index contributed by atoms with van der Waals surface area (Å²) in [5.41, 5.74) is 7.95. The molecule has 0 spiro atoms. The zero-order chi connectivity index (χ0) is 44.5. The van der Waals surface area contributed by atoms with Gasteiger partial charge in [-0.3, -0.25) is 9.69 Å². The Bertz CT molecular complexity index is 2500. The zero-order valence-electron chi connectivity index (χ0n) is 36.2. The van der Waals surface area contributed by atoms with E-state index in [4.69, 9.17) is 9.47 Å². The van der Waals surface area contributed by atoms with Crippen molar-refractivity contribution in [2.24, 2.45) is 5.92 Å². The lowest BCUT2D eigenvalue weighted by Gasteiger charge is -2.43. The first-order chi connectivity index (χ1) is 30.4. The smallest absolute Gasteiger partial charge is 0.241 e. The Balaban J connectivity index is 1.08. The standard InChI is InChI=1S/C52H57N3O7S/c1-35-19-29-45(30-20-35)63(59,60)54-47(31-38-13-7-5-8-14-38)51(58)53-32-44-17-11-12-18-46(44)40-25-27-43(28-26-40)52-61-48(33-55(4)37(3)49(57)41-15-9-6-10-16-41)36(2)50(62-52)42-23-21-39(34-56)22-24-42/h5-30,36-37,47-50,52,54,56-57H,31-34H2,1-4H3,(H,53,58)/t36-,37-,47-,48+,49-,50+,52+/m1/s1. The molecule has 1 fully saturated rings. The van der Waals surface area contributed by atoms with Gasteiger partial charge >= 0.3 is 0 Å². The summed E-state index contributed by atoms with van der Waals surface area (Å²) in [6.45, 7) is 6.70. The Morgan fingerprint density at radius 1 is 0.762 bits per heavy atom. The monoisotopic (exact) mass is 867 g/mol. The highest BCUT2D eigenvalue weighted by atomic mass is 32.2.